The summed E-state index contributed by atoms with van der Waals surface area (Å²) in [5.74, 6) is 0.841. The first-order valence-electron chi connectivity index (χ1n) is 4.03. The monoisotopic (exact) mass is 178 g/mol. The fraction of sp³-hybridized carbons (Fsp3) is 0.375. The van der Waals surface area contributed by atoms with Gasteiger partial charge in [-0.1, -0.05) is 10.4 Å². The van der Waals surface area contributed by atoms with Crippen LogP contribution in [0.3, 0.4) is 0 Å². The Balaban J connectivity index is 2.27. The van der Waals surface area contributed by atoms with E-state index in [1.165, 1.54) is 0 Å². The molecule has 0 fully saturated rings. The van der Waals surface area contributed by atoms with Crippen LogP contribution in [-0.2, 0) is 6.54 Å². The molecular formula is C8H10N4O. The SMILES string of the molecule is Cc1noc(C)c1Cn1ccnn1. The molecule has 2 rings (SSSR count). The van der Waals surface area contributed by atoms with Crippen molar-refractivity contribution in [3.05, 3.63) is 29.4 Å². The lowest BCUT2D eigenvalue weighted by Gasteiger charge is -1.97. The molecule has 2 aromatic rings. The molecule has 0 aliphatic carbocycles. The lowest BCUT2D eigenvalue weighted by Crippen LogP contribution is -2.02. The number of aryl methyl sites for hydroxylation is 2. The second-order valence-electron chi connectivity index (χ2n) is 2.90. The molecule has 0 aliphatic rings. The Morgan fingerprint density at radius 3 is 2.85 bits per heavy atom. The molecule has 68 valence electrons. The van der Waals surface area contributed by atoms with Gasteiger partial charge in [0, 0.05) is 11.8 Å². The van der Waals surface area contributed by atoms with Crippen LogP contribution in [-0.4, -0.2) is 20.2 Å². The second-order valence-corrected chi connectivity index (χ2v) is 2.90. The van der Waals surface area contributed by atoms with Gasteiger partial charge in [-0.2, -0.15) is 0 Å². The average molecular weight is 178 g/mol. The van der Waals surface area contributed by atoms with E-state index in [1.807, 2.05) is 20.0 Å². The molecule has 2 heterocycles. The van der Waals surface area contributed by atoms with E-state index in [1.54, 1.807) is 10.9 Å². The molecule has 0 unspecified atom stereocenters. The molecule has 5 heteroatoms. The van der Waals surface area contributed by atoms with Crippen molar-refractivity contribution in [2.24, 2.45) is 0 Å². The molecule has 0 aliphatic heterocycles. The summed E-state index contributed by atoms with van der Waals surface area (Å²) in [7, 11) is 0. The minimum atomic E-state index is 0.668. The van der Waals surface area contributed by atoms with Gasteiger partial charge in [0.25, 0.3) is 0 Å². The van der Waals surface area contributed by atoms with Gasteiger partial charge in [0.2, 0.25) is 0 Å². The first-order valence-corrected chi connectivity index (χ1v) is 4.03. The van der Waals surface area contributed by atoms with Crippen molar-refractivity contribution >= 4 is 0 Å². The Morgan fingerprint density at radius 2 is 2.31 bits per heavy atom. The van der Waals surface area contributed by atoms with Crippen molar-refractivity contribution in [3.63, 3.8) is 0 Å². The molecule has 0 saturated heterocycles. The molecule has 0 N–H and O–H groups in total. The van der Waals surface area contributed by atoms with E-state index in [0.29, 0.717) is 6.54 Å². The fourth-order valence-electron chi connectivity index (χ4n) is 1.21. The first kappa shape index (κ1) is 7.97. The van der Waals surface area contributed by atoms with Gasteiger partial charge < -0.3 is 4.52 Å². The van der Waals surface area contributed by atoms with Gasteiger partial charge in [-0.3, -0.25) is 0 Å². The smallest absolute Gasteiger partial charge is 0.138 e. The summed E-state index contributed by atoms with van der Waals surface area (Å²) in [5, 5.41) is 11.5. The summed E-state index contributed by atoms with van der Waals surface area (Å²) in [6, 6.07) is 0. The average Bonchev–Trinajstić information content (AvgIpc) is 2.70. The Bertz CT molecular complexity index is 371. The maximum atomic E-state index is 5.03. The van der Waals surface area contributed by atoms with Crippen molar-refractivity contribution in [3.8, 4) is 0 Å². The van der Waals surface area contributed by atoms with Crippen molar-refractivity contribution in [2.45, 2.75) is 20.4 Å². The minimum absolute atomic E-state index is 0.668. The van der Waals surface area contributed by atoms with Crippen LogP contribution in [0.5, 0.6) is 0 Å². The van der Waals surface area contributed by atoms with Crippen LogP contribution in [0.4, 0.5) is 0 Å². The number of hydrogen-bond acceptors (Lipinski definition) is 4. The Morgan fingerprint density at radius 1 is 1.46 bits per heavy atom. The van der Waals surface area contributed by atoms with Crippen LogP contribution < -0.4 is 0 Å². The molecule has 2 aromatic heterocycles. The van der Waals surface area contributed by atoms with Crippen molar-refractivity contribution in [2.75, 3.05) is 0 Å². The predicted octanol–water partition coefficient (Wildman–Crippen LogP) is 0.931. The maximum absolute atomic E-state index is 5.03. The molecule has 0 aromatic carbocycles. The van der Waals surface area contributed by atoms with Gasteiger partial charge in [0.05, 0.1) is 18.4 Å². The molecular weight excluding hydrogens is 168 g/mol. The third-order valence-electron chi connectivity index (χ3n) is 1.97. The van der Waals surface area contributed by atoms with Gasteiger partial charge in [-0.05, 0) is 13.8 Å². The van der Waals surface area contributed by atoms with E-state index in [0.717, 1.165) is 17.0 Å². The lowest BCUT2D eigenvalue weighted by atomic mass is 10.2. The lowest BCUT2D eigenvalue weighted by molar-refractivity contribution is 0.391. The largest absolute Gasteiger partial charge is 0.361 e. The van der Waals surface area contributed by atoms with E-state index in [9.17, 15) is 0 Å². The zero-order chi connectivity index (χ0) is 9.26. The zero-order valence-corrected chi connectivity index (χ0v) is 7.56. The number of nitrogens with zero attached hydrogens (tertiary/aromatic N) is 4. The first-order chi connectivity index (χ1) is 6.27. The standard InChI is InChI=1S/C8H10N4O/c1-6-8(7(2)13-10-6)5-12-4-3-9-11-12/h3-4H,5H2,1-2H3. The van der Waals surface area contributed by atoms with Crippen molar-refractivity contribution in [1.29, 1.82) is 0 Å². The van der Waals surface area contributed by atoms with E-state index in [2.05, 4.69) is 15.5 Å². The molecule has 0 radical (unpaired) electrons. The van der Waals surface area contributed by atoms with Crippen LogP contribution in [0.1, 0.15) is 17.0 Å². The molecule has 5 nitrogen and oxygen atoms in total. The van der Waals surface area contributed by atoms with Gasteiger partial charge in [0.15, 0.2) is 0 Å². The second kappa shape index (κ2) is 3.01. The van der Waals surface area contributed by atoms with E-state index in [-0.39, 0.29) is 0 Å². The summed E-state index contributed by atoms with van der Waals surface area (Å²) >= 11 is 0. The van der Waals surface area contributed by atoms with E-state index >= 15 is 0 Å². The Hall–Kier alpha value is -1.65. The number of hydrogen-bond donors (Lipinski definition) is 0. The summed E-state index contributed by atoms with van der Waals surface area (Å²) in [6.07, 6.45) is 3.46. The van der Waals surface area contributed by atoms with Gasteiger partial charge in [-0.25, -0.2) is 4.68 Å². The number of aromatic nitrogens is 4. The van der Waals surface area contributed by atoms with Crippen LogP contribution in [0.25, 0.3) is 0 Å². The van der Waals surface area contributed by atoms with E-state index < -0.39 is 0 Å². The molecule has 0 saturated carbocycles. The minimum Gasteiger partial charge on any atom is -0.361 e. The normalized spacial score (nSPS) is 10.6. The number of rotatable bonds is 2. The Kier molecular flexibility index (Phi) is 1.84. The third-order valence-corrected chi connectivity index (χ3v) is 1.97. The highest BCUT2D eigenvalue weighted by Crippen LogP contribution is 2.12. The van der Waals surface area contributed by atoms with Gasteiger partial charge in [-0.15, -0.1) is 5.10 Å². The van der Waals surface area contributed by atoms with E-state index in [4.69, 9.17) is 4.52 Å². The predicted molar refractivity (Wildman–Crippen MR) is 45.1 cm³/mol. The molecule has 0 spiro atoms. The summed E-state index contributed by atoms with van der Waals surface area (Å²) in [4.78, 5) is 0. The topological polar surface area (TPSA) is 56.7 Å². The van der Waals surface area contributed by atoms with Gasteiger partial charge >= 0.3 is 0 Å². The molecule has 0 bridgehead atoms. The molecule has 0 atom stereocenters. The van der Waals surface area contributed by atoms with Crippen LogP contribution >= 0.6 is 0 Å². The summed E-state index contributed by atoms with van der Waals surface area (Å²) < 4.78 is 6.78. The van der Waals surface area contributed by atoms with Gasteiger partial charge in [0.1, 0.15) is 5.76 Å². The fourth-order valence-corrected chi connectivity index (χ4v) is 1.21. The highest BCUT2D eigenvalue weighted by molar-refractivity contribution is 5.20. The van der Waals surface area contributed by atoms with Crippen molar-refractivity contribution < 1.29 is 4.52 Å². The highest BCUT2D eigenvalue weighted by atomic mass is 16.5. The van der Waals surface area contributed by atoms with Crippen LogP contribution in [0.15, 0.2) is 16.9 Å². The summed E-state index contributed by atoms with van der Waals surface area (Å²) in [5.41, 5.74) is 1.98. The van der Waals surface area contributed by atoms with Crippen LogP contribution in [0, 0.1) is 13.8 Å². The zero-order valence-electron chi connectivity index (χ0n) is 7.56. The van der Waals surface area contributed by atoms with Crippen LogP contribution in [0.2, 0.25) is 0 Å². The molecule has 13 heavy (non-hydrogen) atoms. The quantitative estimate of drug-likeness (QED) is 0.686. The third kappa shape index (κ3) is 1.44. The molecule has 0 amide bonds. The Labute approximate surface area is 75.3 Å². The maximum Gasteiger partial charge on any atom is 0.138 e. The van der Waals surface area contributed by atoms with Crippen molar-refractivity contribution in [1.82, 2.24) is 20.2 Å². The highest BCUT2D eigenvalue weighted by Gasteiger charge is 2.09. The summed E-state index contributed by atoms with van der Waals surface area (Å²) in [6.45, 7) is 4.48.